The summed E-state index contributed by atoms with van der Waals surface area (Å²) in [4.78, 5) is 4.14. The van der Waals surface area contributed by atoms with Crippen molar-refractivity contribution in [2.45, 2.75) is 12.5 Å². The highest BCUT2D eigenvalue weighted by molar-refractivity contribution is 5.46. The molecule has 82 valence electrons. The lowest BCUT2D eigenvalue weighted by molar-refractivity contribution is 0.356. The van der Waals surface area contributed by atoms with E-state index in [1.165, 1.54) is 0 Å². The highest BCUT2D eigenvalue weighted by atomic mass is 16.5. The van der Waals surface area contributed by atoms with Crippen LogP contribution in [0.15, 0.2) is 16.8 Å². The lowest BCUT2D eigenvalue weighted by atomic mass is 10.2. The van der Waals surface area contributed by atoms with Crippen LogP contribution in [-0.4, -0.2) is 19.9 Å². The third kappa shape index (κ3) is 1.94. The summed E-state index contributed by atoms with van der Waals surface area (Å²) in [7, 11) is 1.81. The Kier molecular flexibility index (Phi) is 2.70. The molecule has 0 aliphatic carbocycles. The van der Waals surface area contributed by atoms with Crippen LogP contribution >= 0.6 is 0 Å². The summed E-state index contributed by atoms with van der Waals surface area (Å²) in [5, 5.41) is 7.94. The van der Waals surface area contributed by atoms with E-state index in [2.05, 4.69) is 21.2 Å². The first-order valence-corrected chi connectivity index (χ1v) is 4.73. The normalized spacial score (nSPS) is 12.3. The molecule has 2 aromatic rings. The van der Waals surface area contributed by atoms with Crippen LogP contribution in [0.3, 0.4) is 0 Å². The Morgan fingerprint density at radius 3 is 3.12 bits per heavy atom. The molecular formula is C10H11N5O. The van der Waals surface area contributed by atoms with Crippen molar-refractivity contribution in [1.82, 2.24) is 19.9 Å². The molecule has 0 aromatic carbocycles. The fourth-order valence-electron chi connectivity index (χ4n) is 1.24. The van der Waals surface area contributed by atoms with Gasteiger partial charge in [-0.1, -0.05) is 5.16 Å². The summed E-state index contributed by atoms with van der Waals surface area (Å²) >= 11 is 0. The van der Waals surface area contributed by atoms with E-state index in [1.54, 1.807) is 16.9 Å². The number of nitrogens with two attached hydrogens (primary N) is 1. The highest BCUT2D eigenvalue weighted by Gasteiger charge is 2.15. The Morgan fingerprint density at radius 1 is 1.69 bits per heavy atom. The molecule has 6 nitrogen and oxygen atoms in total. The Morgan fingerprint density at radius 2 is 2.50 bits per heavy atom. The van der Waals surface area contributed by atoms with E-state index in [9.17, 15) is 0 Å². The van der Waals surface area contributed by atoms with Gasteiger partial charge in [0.05, 0.1) is 6.04 Å². The van der Waals surface area contributed by atoms with Crippen molar-refractivity contribution in [2.75, 3.05) is 0 Å². The molecule has 1 unspecified atom stereocenters. The summed E-state index contributed by atoms with van der Waals surface area (Å²) < 4.78 is 6.67. The molecule has 2 N–H and O–H groups in total. The first-order valence-electron chi connectivity index (χ1n) is 4.73. The second-order valence-corrected chi connectivity index (χ2v) is 3.35. The number of hydrogen-bond acceptors (Lipinski definition) is 5. The van der Waals surface area contributed by atoms with Crippen molar-refractivity contribution >= 4 is 0 Å². The van der Waals surface area contributed by atoms with Crippen LogP contribution in [0.5, 0.6) is 0 Å². The van der Waals surface area contributed by atoms with Crippen molar-refractivity contribution in [3.63, 3.8) is 0 Å². The lowest BCUT2D eigenvalue weighted by Crippen LogP contribution is -2.09. The second kappa shape index (κ2) is 4.16. The van der Waals surface area contributed by atoms with Crippen molar-refractivity contribution in [1.29, 1.82) is 0 Å². The minimum absolute atomic E-state index is 0.332. The molecule has 0 aliphatic rings. The third-order valence-electron chi connectivity index (χ3n) is 2.04. The van der Waals surface area contributed by atoms with Crippen molar-refractivity contribution in [3.8, 4) is 23.9 Å². The first-order chi connectivity index (χ1) is 7.70. The van der Waals surface area contributed by atoms with Gasteiger partial charge in [0, 0.05) is 19.7 Å². The molecule has 6 heteroatoms. The molecule has 0 spiro atoms. The molecule has 2 rings (SSSR count). The fourth-order valence-corrected chi connectivity index (χ4v) is 1.24. The topological polar surface area (TPSA) is 82.8 Å². The molecule has 0 amide bonds. The van der Waals surface area contributed by atoms with Crippen LogP contribution in [-0.2, 0) is 7.05 Å². The SMILES string of the molecule is C#CCC(N)c1nc(-c2ccn(C)n2)no1. The predicted octanol–water partition coefficient (Wildman–Crippen LogP) is 0.493. The van der Waals surface area contributed by atoms with Gasteiger partial charge in [0.2, 0.25) is 11.7 Å². The van der Waals surface area contributed by atoms with Gasteiger partial charge in [0.25, 0.3) is 0 Å². The van der Waals surface area contributed by atoms with Crippen LogP contribution in [0.1, 0.15) is 18.4 Å². The zero-order chi connectivity index (χ0) is 11.5. The van der Waals surface area contributed by atoms with Gasteiger partial charge >= 0.3 is 0 Å². The summed E-state index contributed by atoms with van der Waals surface area (Å²) in [5.41, 5.74) is 6.38. The maximum atomic E-state index is 5.74. The van der Waals surface area contributed by atoms with E-state index >= 15 is 0 Å². The fraction of sp³-hybridized carbons (Fsp3) is 0.300. The predicted molar refractivity (Wildman–Crippen MR) is 56.9 cm³/mol. The third-order valence-corrected chi connectivity index (χ3v) is 2.04. The average Bonchev–Trinajstić information content (AvgIpc) is 2.85. The van der Waals surface area contributed by atoms with Crippen LogP contribution in [0.2, 0.25) is 0 Å². The Labute approximate surface area is 92.4 Å². The quantitative estimate of drug-likeness (QED) is 0.756. The monoisotopic (exact) mass is 217 g/mol. The van der Waals surface area contributed by atoms with Crippen molar-refractivity contribution in [3.05, 3.63) is 18.2 Å². The van der Waals surface area contributed by atoms with Gasteiger partial charge < -0.3 is 10.3 Å². The van der Waals surface area contributed by atoms with Gasteiger partial charge in [-0.2, -0.15) is 10.1 Å². The van der Waals surface area contributed by atoms with E-state index in [-0.39, 0.29) is 0 Å². The van der Waals surface area contributed by atoms with E-state index < -0.39 is 6.04 Å². The maximum Gasteiger partial charge on any atom is 0.244 e. The number of rotatable bonds is 3. The summed E-state index contributed by atoms with van der Waals surface area (Å²) in [6, 6.07) is 1.37. The van der Waals surface area contributed by atoms with Gasteiger partial charge in [-0.15, -0.1) is 12.3 Å². The Bertz CT molecular complexity index is 521. The molecule has 2 heterocycles. The second-order valence-electron chi connectivity index (χ2n) is 3.35. The van der Waals surface area contributed by atoms with Crippen LogP contribution < -0.4 is 5.73 Å². The van der Waals surface area contributed by atoms with E-state index in [1.807, 2.05) is 7.05 Å². The molecule has 0 radical (unpaired) electrons. The van der Waals surface area contributed by atoms with Gasteiger partial charge in [0.1, 0.15) is 5.69 Å². The molecular weight excluding hydrogens is 206 g/mol. The molecule has 0 fully saturated rings. The van der Waals surface area contributed by atoms with Gasteiger partial charge in [-0.3, -0.25) is 4.68 Å². The average molecular weight is 217 g/mol. The van der Waals surface area contributed by atoms with E-state index in [4.69, 9.17) is 16.7 Å². The molecule has 1 atom stereocenters. The Hall–Kier alpha value is -2.13. The zero-order valence-corrected chi connectivity index (χ0v) is 8.79. The van der Waals surface area contributed by atoms with Crippen molar-refractivity contribution in [2.24, 2.45) is 12.8 Å². The van der Waals surface area contributed by atoms with Crippen LogP contribution in [0.25, 0.3) is 11.5 Å². The number of nitrogens with zero attached hydrogens (tertiary/aromatic N) is 4. The van der Waals surface area contributed by atoms with Crippen molar-refractivity contribution < 1.29 is 4.52 Å². The summed E-state index contributed by atoms with van der Waals surface area (Å²) in [6.45, 7) is 0. The minimum Gasteiger partial charge on any atom is -0.337 e. The maximum absolute atomic E-state index is 5.74. The number of hydrogen-bond donors (Lipinski definition) is 1. The zero-order valence-electron chi connectivity index (χ0n) is 8.79. The van der Waals surface area contributed by atoms with Crippen LogP contribution in [0, 0.1) is 12.3 Å². The first kappa shape index (κ1) is 10.4. The van der Waals surface area contributed by atoms with E-state index in [0.29, 0.717) is 23.8 Å². The largest absolute Gasteiger partial charge is 0.337 e. The number of aryl methyl sites for hydroxylation is 1. The number of aromatic nitrogens is 4. The molecule has 0 saturated heterocycles. The smallest absolute Gasteiger partial charge is 0.244 e. The minimum atomic E-state index is -0.421. The summed E-state index contributed by atoms with van der Waals surface area (Å²) in [6.07, 6.45) is 7.32. The Balaban J connectivity index is 2.23. The standard InChI is InChI=1S/C10H11N5O/c1-3-4-7(11)10-12-9(14-16-10)8-5-6-15(2)13-8/h1,5-7H,4,11H2,2H3. The van der Waals surface area contributed by atoms with Gasteiger partial charge in [-0.25, -0.2) is 0 Å². The summed E-state index contributed by atoms with van der Waals surface area (Å²) in [5.74, 6) is 3.20. The van der Waals surface area contributed by atoms with Gasteiger partial charge in [0.15, 0.2) is 0 Å². The van der Waals surface area contributed by atoms with E-state index in [0.717, 1.165) is 0 Å². The molecule has 0 bridgehead atoms. The van der Waals surface area contributed by atoms with Gasteiger partial charge in [-0.05, 0) is 6.07 Å². The molecule has 2 aromatic heterocycles. The van der Waals surface area contributed by atoms with Crippen LogP contribution in [0.4, 0.5) is 0 Å². The molecule has 0 saturated carbocycles. The molecule has 16 heavy (non-hydrogen) atoms. The number of terminal acetylenes is 1. The molecule has 0 aliphatic heterocycles. The lowest BCUT2D eigenvalue weighted by Gasteiger charge is -1.98. The highest BCUT2D eigenvalue weighted by Crippen LogP contribution is 2.16.